The fourth-order valence-corrected chi connectivity index (χ4v) is 4.17. The van der Waals surface area contributed by atoms with Gasteiger partial charge in [-0.2, -0.15) is 0 Å². The van der Waals surface area contributed by atoms with Crippen LogP contribution in [0, 0.1) is 0 Å². The van der Waals surface area contributed by atoms with Gasteiger partial charge in [-0.1, -0.05) is 49.1 Å². The Morgan fingerprint density at radius 1 is 1.40 bits per heavy atom. The predicted octanol–water partition coefficient (Wildman–Crippen LogP) is 3.37. The van der Waals surface area contributed by atoms with Crippen LogP contribution < -0.4 is 11.1 Å². The van der Waals surface area contributed by atoms with E-state index in [0.29, 0.717) is 12.2 Å². The molecule has 5 heteroatoms. The van der Waals surface area contributed by atoms with Crippen LogP contribution >= 0.6 is 11.8 Å². The molecule has 1 aliphatic carbocycles. The fraction of sp³-hybridized carbons (Fsp3) is 0.300. The standard InChI is InChI=1S/C20H24N2O2S/c1-4-8-15-14(5-2)19(17-10-7-6-9-16(15)17)25-12-11-18(23)22-13(3)20(21)24/h4-10,13,19H,2,11-12H2,1,3H3,(H2,21,24)(H,22,23)/b8-4-. The molecule has 2 rings (SSSR count). The summed E-state index contributed by atoms with van der Waals surface area (Å²) in [5.74, 6) is -0.0435. The summed E-state index contributed by atoms with van der Waals surface area (Å²) in [6, 6.07) is 7.68. The summed E-state index contributed by atoms with van der Waals surface area (Å²) < 4.78 is 0. The number of carbonyl (C=O) groups is 2. The molecule has 0 aliphatic heterocycles. The number of amides is 2. The summed E-state index contributed by atoms with van der Waals surface area (Å²) >= 11 is 1.71. The Kier molecular flexibility index (Phi) is 6.65. The van der Waals surface area contributed by atoms with Crippen molar-refractivity contribution in [2.45, 2.75) is 31.6 Å². The van der Waals surface area contributed by atoms with Crippen LogP contribution in [0.2, 0.25) is 0 Å². The highest BCUT2D eigenvalue weighted by molar-refractivity contribution is 7.99. The summed E-state index contributed by atoms with van der Waals surface area (Å²) in [5.41, 5.74) is 10.0. The number of carbonyl (C=O) groups excluding carboxylic acids is 2. The molecule has 132 valence electrons. The number of allylic oxidation sites excluding steroid dienone is 4. The van der Waals surface area contributed by atoms with Gasteiger partial charge < -0.3 is 11.1 Å². The van der Waals surface area contributed by atoms with Crippen molar-refractivity contribution in [2.24, 2.45) is 5.73 Å². The zero-order valence-electron chi connectivity index (χ0n) is 14.6. The third-order valence-corrected chi connectivity index (χ3v) is 5.38. The summed E-state index contributed by atoms with van der Waals surface area (Å²) in [7, 11) is 0. The maximum atomic E-state index is 11.9. The highest BCUT2D eigenvalue weighted by atomic mass is 32.2. The van der Waals surface area contributed by atoms with Crippen molar-refractivity contribution in [3.8, 4) is 0 Å². The van der Waals surface area contributed by atoms with Gasteiger partial charge in [-0.15, -0.1) is 11.8 Å². The number of nitrogens with two attached hydrogens (primary N) is 1. The fourth-order valence-electron chi connectivity index (χ4n) is 2.84. The molecule has 2 atom stereocenters. The van der Waals surface area contributed by atoms with E-state index in [2.05, 4.69) is 30.1 Å². The minimum absolute atomic E-state index is 0.164. The van der Waals surface area contributed by atoms with Crippen LogP contribution in [0.4, 0.5) is 0 Å². The largest absolute Gasteiger partial charge is 0.368 e. The van der Waals surface area contributed by atoms with E-state index in [1.807, 2.05) is 31.2 Å². The first kappa shape index (κ1) is 19.1. The predicted molar refractivity (Wildman–Crippen MR) is 105 cm³/mol. The number of rotatable bonds is 8. The van der Waals surface area contributed by atoms with Crippen molar-refractivity contribution >= 4 is 29.1 Å². The lowest BCUT2D eigenvalue weighted by Crippen LogP contribution is -2.42. The second-order valence-electron chi connectivity index (χ2n) is 5.85. The number of hydrogen-bond donors (Lipinski definition) is 2. The van der Waals surface area contributed by atoms with E-state index in [4.69, 9.17) is 5.73 Å². The molecule has 0 aromatic heterocycles. The highest BCUT2D eigenvalue weighted by Gasteiger charge is 2.28. The number of thioether (sulfide) groups is 1. The smallest absolute Gasteiger partial charge is 0.239 e. The quantitative estimate of drug-likeness (QED) is 0.750. The van der Waals surface area contributed by atoms with Crippen molar-refractivity contribution in [1.29, 1.82) is 0 Å². The van der Waals surface area contributed by atoms with E-state index in [1.54, 1.807) is 18.7 Å². The third-order valence-electron chi connectivity index (χ3n) is 4.10. The van der Waals surface area contributed by atoms with Crippen molar-refractivity contribution < 1.29 is 9.59 Å². The average Bonchev–Trinajstić information content (AvgIpc) is 2.88. The van der Waals surface area contributed by atoms with Crippen molar-refractivity contribution in [1.82, 2.24) is 5.32 Å². The Bertz CT molecular complexity index is 737. The molecule has 1 aliphatic rings. The number of hydrogen-bond acceptors (Lipinski definition) is 3. The van der Waals surface area contributed by atoms with Crippen molar-refractivity contribution in [2.75, 3.05) is 5.75 Å². The van der Waals surface area contributed by atoms with Crippen LogP contribution in [-0.2, 0) is 9.59 Å². The van der Waals surface area contributed by atoms with Gasteiger partial charge in [0.2, 0.25) is 11.8 Å². The van der Waals surface area contributed by atoms with Gasteiger partial charge in [0.15, 0.2) is 0 Å². The zero-order valence-corrected chi connectivity index (χ0v) is 15.4. The van der Waals surface area contributed by atoms with Gasteiger partial charge >= 0.3 is 0 Å². The molecule has 2 amide bonds. The minimum Gasteiger partial charge on any atom is -0.368 e. The zero-order chi connectivity index (χ0) is 18.4. The van der Waals surface area contributed by atoms with Crippen molar-refractivity contribution in [3.05, 3.63) is 65.8 Å². The van der Waals surface area contributed by atoms with E-state index >= 15 is 0 Å². The molecule has 0 spiro atoms. The van der Waals surface area contributed by atoms with Gasteiger partial charge in [0.1, 0.15) is 6.04 Å². The number of nitrogens with one attached hydrogen (secondary N) is 1. The van der Waals surface area contributed by atoms with Gasteiger partial charge in [0, 0.05) is 12.2 Å². The second-order valence-corrected chi connectivity index (χ2v) is 7.07. The molecule has 0 radical (unpaired) electrons. The molecule has 3 N–H and O–H groups in total. The van der Waals surface area contributed by atoms with Crippen LogP contribution in [0.3, 0.4) is 0 Å². The Morgan fingerprint density at radius 2 is 2.12 bits per heavy atom. The summed E-state index contributed by atoms with van der Waals surface area (Å²) in [4.78, 5) is 22.9. The molecule has 0 saturated carbocycles. The second kappa shape index (κ2) is 8.72. The van der Waals surface area contributed by atoms with Crippen LogP contribution in [0.5, 0.6) is 0 Å². The SMILES string of the molecule is C=CC1=C(/C=C\C)c2ccccc2C1SCCC(=O)NC(C)C(N)=O. The van der Waals surface area contributed by atoms with Gasteiger partial charge in [0.25, 0.3) is 0 Å². The maximum Gasteiger partial charge on any atom is 0.239 e. The van der Waals surface area contributed by atoms with Crippen LogP contribution in [0.1, 0.15) is 36.6 Å². The van der Waals surface area contributed by atoms with E-state index in [-0.39, 0.29) is 11.2 Å². The number of benzene rings is 1. The van der Waals surface area contributed by atoms with Crippen LogP contribution in [0.25, 0.3) is 5.57 Å². The Morgan fingerprint density at radius 3 is 2.76 bits per heavy atom. The molecule has 0 heterocycles. The summed E-state index contributed by atoms with van der Waals surface area (Å²) in [6.45, 7) is 7.56. The summed E-state index contributed by atoms with van der Waals surface area (Å²) in [6.07, 6.45) is 6.38. The molecule has 4 nitrogen and oxygen atoms in total. The van der Waals surface area contributed by atoms with Gasteiger partial charge in [-0.3, -0.25) is 9.59 Å². The molecule has 25 heavy (non-hydrogen) atoms. The van der Waals surface area contributed by atoms with E-state index in [9.17, 15) is 9.59 Å². The first-order valence-corrected chi connectivity index (χ1v) is 9.33. The van der Waals surface area contributed by atoms with E-state index in [0.717, 1.165) is 0 Å². The summed E-state index contributed by atoms with van der Waals surface area (Å²) in [5, 5.41) is 2.78. The lowest BCUT2D eigenvalue weighted by molar-refractivity contribution is -0.126. The average molecular weight is 356 g/mol. The lowest BCUT2D eigenvalue weighted by Gasteiger charge is -2.15. The lowest BCUT2D eigenvalue weighted by atomic mass is 10.1. The Labute approximate surface area is 153 Å². The maximum absolute atomic E-state index is 11.9. The molecule has 1 aromatic carbocycles. The van der Waals surface area contributed by atoms with Crippen LogP contribution in [-0.4, -0.2) is 23.6 Å². The Hall–Kier alpha value is -2.27. The monoisotopic (exact) mass is 356 g/mol. The molecule has 0 saturated heterocycles. The minimum atomic E-state index is -0.644. The highest BCUT2D eigenvalue weighted by Crippen LogP contribution is 2.48. The molecule has 2 unspecified atom stereocenters. The molecule has 1 aromatic rings. The number of primary amides is 1. The van der Waals surface area contributed by atoms with Crippen molar-refractivity contribution in [3.63, 3.8) is 0 Å². The number of fused-ring (bicyclic) bond motifs is 1. The molecule has 0 fully saturated rings. The molecular formula is C20H24N2O2S. The Balaban J connectivity index is 2.07. The van der Waals surface area contributed by atoms with Crippen LogP contribution in [0.15, 0.2) is 54.6 Å². The third kappa shape index (κ3) is 4.42. The first-order chi connectivity index (χ1) is 12.0. The topological polar surface area (TPSA) is 72.2 Å². The normalized spacial score (nSPS) is 17.4. The molecular weight excluding hydrogens is 332 g/mol. The first-order valence-electron chi connectivity index (χ1n) is 8.28. The van der Waals surface area contributed by atoms with Gasteiger partial charge in [-0.25, -0.2) is 0 Å². The van der Waals surface area contributed by atoms with Gasteiger partial charge in [-0.05, 0) is 36.1 Å². The van der Waals surface area contributed by atoms with Gasteiger partial charge in [0.05, 0.1) is 5.25 Å². The van der Waals surface area contributed by atoms with E-state index in [1.165, 1.54) is 22.3 Å². The van der Waals surface area contributed by atoms with E-state index < -0.39 is 11.9 Å². The molecule has 0 bridgehead atoms.